The zero-order chi connectivity index (χ0) is 16.2. The Bertz CT molecular complexity index is 653. The molecule has 2 rings (SSSR count). The number of aryl methyl sites for hydroxylation is 1. The van der Waals surface area contributed by atoms with Crippen LogP contribution in [-0.4, -0.2) is 29.9 Å². The quantitative estimate of drug-likeness (QED) is 0.801. The second kappa shape index (κ2) is 6.60. The Balaban J connectivity index is 2.35. The molecule has 0 saturated heterocycles. The highest BCUT2D eigenvalue weighted by Crippen LogP contribution is 2.32. The van der Waals surface area contributed by atoms with E-state index in [0.717, 1.165) is 0 Å². The van der Waals surface area contributed by atoms with Gasteiger partial charge >= 0.3 is 5.97 Å². The van der Waals surface area contributed by atoms with Crippen LogP contribution >= 0.6 is 0 Å². The number of carbonyl (C=O) groups is 1. The third-order valence-electron chi connectivity index (χ3n) is 3.38. The average Bonchev–Trinajstić information content (AvgIpc) is 2.53. The van der Waals surface area contributed by atoms with E-state index in [9.17, 15) is 9.90 Å². The molecule has 0 fully saturated rings. The van der Waals surface area contributed by atoms with Gasteiger partial charge in [0, 0.05) is 18.2 Å². The molecular formula is C17H18O5. The number of carboxylic acids is 1. The zero-order valence-electron chi connectivity index (χ0n) is 12.4. The summed E-state index contributed by atoms with van der Waals surface area (Å²) in [4.78, 5) is 10.6. The van der Waals surface area contributed by atoms with E-state index in [1.165, 1.54) is 7.11 Å². The number of hydrogen-bond acceptors (Lipinski definition) is 4. The molecule has 5 heteroatoms. The van der Waals surface area contributed by atoms with Crippen LogP contribution in [0.3, 0.4) is 0 Å². The molecule has 2 N–H and O–H groups in total. The number of hydrogen-bond donors (Lipinski definition) is 2. The van der Waals surface area contributed by atoms with Crippen molar-refractivity contribution in [1.29, 1.82) is 0 Å². The molecule has 2 aromatic rings. The summed E-state index contributed by atoms with van der Waals surface area (Å²) >= 11 is 0. The van der Waals surface area contributed by atoms with Crippen LogP contribution in [0, 0.1) is 6.92 Å². The van der Waals surface area contributed by atoms with Crippen LogP contribution in [0.4, 0.5) is 0 Å². The first-order valence-corrected chi connectivity index (χ1v) is 6.76. The second-order valence-electron chi connectivity index (χ2n) is 4.88. The Kier molecular flexibility index (Phi) is 4.80. The first-order chi connectivity index (χ1) is 10.5. The minimum atomic E-state index is -1.57. The fourth-order valence-electron chi connectivity index (χ4n) is 2.23. The smallest absolute Gasteiger partial charge is 0.341 e. The average molecular weight is 302 g/mol. The molecule has 0 bridgehead atoms. The van der Waals surface area contributed by atoms with E-state index in [1.807, 2.05) is 18.2 Å². The summed E-state index contributed by atoms with van der Waals surface area (Å²) in [6, 6.07) is 14.0. The largest absolute Gasteiger partial charge is 0.482 e. The molecule has 0 spiro atoms. The van der Waals surface area contributed by atoms with Gasteiger partial charge in [-0.15, -0.1) is 0 Å². The van der Waals surface area contributed by atoms with Gasteiger partial charge in [-0.05, 0) is 30.7 Å². The number of carboxylic acid groups (broad SMARTS) is 1. The summed E-state index contributed by atoms with van der Waals surface area (Å²) in [6.07, 6.45) is 0. The van der Waals surface area contributed by atoms with Crippen molar-refractivity contribution in [2.24, 2.45) is 0 Å². The SMILES string of the molecule is COC(O)(c1ccccc1)c1ccc(OCC(=O)O)c(C)c1. The third-order valence-corrected chi connectivity index (χ3v) is 3.38. The van der Waals surface area contributed by atoms with E-state index >= 15 is 0 Å². The molecule has 116 valence electrons. The van der Waals surface area contributed by atoms with Gasteiger partial charge in [-0.1, -0.05) is 30.3 Å². The van der Waals surface area contributed by atoms with Crippen molar-refractivity contribution >= 4 is 5.97 Å². The highest BCUT2D eigenvalue weighted by atomic mass is 16.6. The lowest BCUT2D eigenvalue weighted by atomic mass is 9.96. The first kappa shape index (κ1) is 16.0. The van der Waals surface area contributed by atoms with Gasteiger partial charge in [-0.25, -0.2) is 4.79 Å². The van der Waals surface area contributed by atoms with E-state index < -0.39 is 18.4 Å². The van der Waals surface area contributed by atoms with Gasteiger partial charge in [-0.3, -0.25) is 0 Å². The molecule has 0 amide bonds. The predicted octanol–water partition coefficient (Wildman–Crippen LogP) is 2.30. The summed E-state index contributed by atoms with van der Waals surface area (Å²) in [5.41, 5.74) is 1.86. The Morgan fingerprint density at radius 1 is 1.14 bits per heavy atom. The van der Waals surface area contributed by atoms with E-state index in [4.69, 9.17) is 14.6 Å². The van der Waals surface area contributed by atoms with Crippen molar-refractivity contribution in [2.45, 2.75) is 12.7 Å². The summed E-state index contributed by atoms with van der Waals surface area (Å²) in [5.74, 6) is -2.16. The number of aliphatic carboxylic acids is 1. The van der Waals surface area contributed by atoms with Gasteiger partial charge in [0.2, 0.25) is 5.79 Å². The molecule has 0 saturated carbocycles. The summed E-state index contributed by atoms with van der Waals surface area (Å²) < 4.78 is 10.5. The van der Waals surface area contributed by atoms with Crippen molar-refractivity contribution < 1.29 is 24.5 Å². The molecule has 1 atom stereocenters. The number of aliphatic hydroxyl groups is 1. The van der Waals surface area contributed by atoms with Gasteiger partial charge in [-0.2, -0.15) is 0 Å². The van der Waals surface area contributed by atoms with Crippen LogP contribution in [0.1, 0.15) is 16.7 Å². The van der Waals surface area contributed by atoms with Gasteiger partial charge in [0.25, 0.3) is 0 Å². The fourth-order valence-corrected chi connectivity index (χ4v) is 2.23. The van der Waals surface area contributed by atoms with Gasteiger partial charge < -0.3 is 19.7 Å². The van der Waals surface area contributed by atoms with E-state index in [1.54, 1.807) is 37.3 Å². The number of methoxy groups -OCH3 is 1. The maximum Gasteiger partial charge on any atom is 0.341 e. The highest BCUT2D eigenvalue weighted by molar-refractivity contribution is 5.68. The lowest BCUT2D eigenvalue weighted by Crippen LogP contribution is -2.29. The van der Waals surface area contributed by atoms with Crippen LogP contribution in [0.15, 0.2) is 48.5 Å². The molecule has 0 aliphatic carbocycles. The third kappa shape index (κ3) is 3.27. The second-order valence-corrected chi connectivity index (χ2v) is 4.88. The molecule has 0 aliphatic heterocycles. The minimum Gasteiger partial charge on any atom is -0.482 e. The van der Waals surface area contributed by atoms with Crippen LogP contribution in [0.2, 0.25) is 0 Å². The summed E-state index contributed by atoms with van der Waals surface area (Å²) in [6.45, 7) is 1.37. The molecule has 2 aromatic carbocycles. The van der Waals surface area contributed by atoms with Crippen LogP contribution < -0.4 is 4.74 Å². The molecule has 0 aliphatic rings. The maximum atomic E-state index is 10.8. The van der Waals surface area contributed by atoms with Crippen molar-refractivity contribution in [2.75, 3.05) is 13.7 Å². The molecule has 0 heterocycles. The van der Waals surface area contributed by atoms with Crippen molar-refractivity contribution in [1.82, 2.24) is 0 Å². The van der Waals surface area contributed by atoms with Crippen LogP contribution in [0.5, 0.6) is 5.75 Å². The lowest BCUT2D eigenvalue weighted by molar-refractivity contribution is -0.160. The number of rotatable bonds is 6. The summed E-state index contributed by atoms with van der Waals surface area (Å²) in [7, 11) is 1.43. The Hall–Kier alpha value is -2.37. The van der Waals surface area contributed by atoms with Gasteiger partial charge in [0.05, 0.1) is 0 Å². The normalized spacial score (nSPS) is 13.4. The van der Waals surface area contributed by atoms with Gasteiger partial charge in [0.1, 0.15) is 5.75 Å². The Morgan fingerprint density at radius 3 is 2.36 bits per heavy atom. The molecule has 22 heavy (non-hydrogen) atoms. The predicted molar refractivity (Wildman–Crippen MR) is 80.8 cm³/mol. The Labute approximate surface area is 128 Å². The number of ether oxygens (including phenoxy) is 2. The summed E-state index contributed by atoms with van der Waals surface area (Å²) in [5, 5.41) is 19.5. The molecule has 0 aromatic heterocycles. The van der Waals surface area contributed by atoms with Crippen molar-refractivity contribution in [3.05, 3.63) is 65.2 Å². The van der Waals surface area contributed by atoms with Crippen LogP contribution in [0.25, 0.3) is 0 Å². The van der Waals surface area contributed by atoms with Crippen molar-refractivity contribution in [3.8, 4) is 5.75 Å². The Morgan fingerprint density at radius 2 is 1.82 bits per heavy atom. The molecule has 0 radical (unpaired) electrons. The zero-order valence-corrected chi connectivity index (χ0v) is 12.4. The molecule has 1 unspecified atom stereocenters. The molecule has 5 nitrogen and oxygen atoms in total. The van der Waals surface area contributed by atoms with Crippen LogP contribution in [-0.2, 0) is 15.3 Å². The fraction of sp³-hybridized carbons (Fsp3) is 0.235. The van der Waals surface area contributed by atoms with E-state index in [-0.39, 0.29) is 0 Å². The lowest BCUT2D eigenvalue weighted by Gasteiger charge is -2.28. The van der Waals surface area contributed by atoms with Gasteiger partial charge in [0.15, 0.2) is 6.61 Å². The van der Waals surface area contributed by atoms with E-state index in [0.29, 0.717) is 22.4 Å². The minimum absolute atomic E-state index is 0.409. The molecular weight excluding hydrogens is 284 g/mol. The standard InChI is InChI=1S/C17H18O5/c1-12-10-14(8-9-15(12)22-11-16(18)19)17(20,21-2)13-6-4-3-5-7-13/h3-10,20H,11H2,1-2H3,(H,18,19). The number of benzene rings is 2. The highest BCUT2D eigenvalue weighted by Gasteiger charge is 2.31. The maximum absolute atomic E-state index is 10.8. The van der Waals surface area contributed by atoms with Crippen molar-refractivity contribution in [3.63, 3.8) is 0 Å². The van der Waals surface area contributed by atoms with E-state index in [2.05, 4.69) is 0 Å². The first-order valence-electron chi connectivity index (χ1n) is 6.76. The topological polar surface area (TPSA) is 76.0 Å². The monoisotopic (exact) mass is 302 g/mol.